The van der Waals surface area contributed by atoms with Crippen LogP contribution in [0, 0.1) is 0 Å². The van der Waals surface area contributed by atoms with Crippen LogP contribution < -0.4 is 11.5 Å². The normalized spacial score (nSPS) is 16.7. The zero-order valence-electron chi connectivity index (χ0n) is 10.2. The van der Waals surface area contributed by atoms with Crippen LogP contribution in [0.15, 0.2) is 16.9 Å². The number of aliphatic imine (C=N–C) groups is 1. The summed E-state index contributed by atoms with van der Waals surface area (Å²) in [5, 5.41) is 8.88. The van der Waals surface area contributed by atoms with Crippen LogP contribution in [-0.4, -0.2) is 29.0 Å². The van der Waals surface area contributed by atoms with Crippen molar-refractivity contribution in [2.45, 2.75) is 38.6 Å². The number of hydrogen-bond acceptors (Lipinski definition) is 3. The summed E-state index contributed by atoms with van der Waals surface area (Å²) in [6, 6.07) is 0. The fraction of sp³-hybridized carbons (Fsp3) is 0.636. The molecule has 1 unspecified atom stereocenters. The Labute approximate surface area is 100 Å². The molecule has 0 aliphatic heterocycles. The Kier molecular flexibility index (Phi) is 6.42. The molecule has 0 aliphatic rings. The summed E-state index contributed by atoms with van der Waals surface area (Å²) in [7, 11) is 0. The van der Waals surface area contributed by atoms with Crippen molar-refractivity contribution >= 4 is 11.8 Å². The minimum atomic E-state index is -1.40. The van der Waals surface area contributed by atoms with Crippen molar-refractivity contribution in [3.63, 3.8) is 0 Å². The highest BCUT2D eigenvalue weighted by Gasteiger charge is 2.30. The van der Waals surface area contributed by atoms with Gasteiger partial charge in [0, 0.05) is 13.0 Å². The van der Waals surface area contributed by atoms with Gasteiger partial charge in [-0.1, -0.05) is 13.0 Å². The molecule has 0 radical (unpaired) electrons. The average molecular weight is 245 g/mol. The molecule has 0 saturated heterocycles. The molecule has 5 nitrogen and oxygen atoms in total. The molecule has 0 aromatic rings. The highest BCUT2D eigenvalue weighted by atomic mass is 19.1. The lowest BCUT2D eigenvalue weighted by atomic mass is 9.93. The molecule has 0 aromatic carbocycles. The van der Waals surface area contributed by atoms with E-state index in [4.69, 9.17) is 16.6 Å². The standard InChI is InChI=1S/C11H20FN3O2/c1-3-11(14,10(16)17)6-4-9(12)5-7-15-8(2)13/h4H,3,5-7,14H2,1-2H3,(H2,13,15)(H,16,17)/b9-4+. The van der Waals surface area contributed by atoms with Crippen molar-refractivity contribution in [1.82, 2.24) is 0 Å². The Bertz CT molecular complexity index is 325. The van der Waals surface area contributed by atoms with E-state index in [1.165, 1.54) is 6.08 Å². The lowest BCUT2D eigenvalue weighted by Gasteiger charge is -2.20. The lowest BCUT2D eigenvalue weighted by molar-refractivity contribution is -0.143. The number of carboxylic acid groups (broad SMARTS) is 1. The van der Waals surface area contributed by atoms with Crippen LogP contribution in [0.2, 0.25) is 0 Å². The van der Waals surface area contributed by atoms with Gasteiger partial charge in [0.2, 0.25) is 0 Å². The van der Waals surface area contributed by atoms with Crippen molar-refractivity contribution in [2.75, 3.05) is 6.54 Å². The zero-order valence-corrected chi connectivity index (χ0v) is 10.2. The second-order valence-corrected chi connectivity index (χ2v) is 3.94. The number of rotatable bonds is 7. The maximum Gasteiger partial charge on any atom is 0.323 e. The SMILES string of the molecule is CCC(N)(C/C=C(/F)CCN=C(C)N)C(=O)O. The van der Waals surface area contributed by atoms with Crippen molar-refractivity contribution in [3.05, 3.63) is 11.9 Å². The number of nitrogens with zero attached hydrogens (tertiary/aromatic N) is 1. The minimum absolute atomic E-state index is 0.0318. The molecule has 0 saturated carbocycles. The van der Waals surface area contributed by atoms with E-state index in [1.807, 2.05) is 0 Å². The largest absolute Gasteiger partial charge is 0.480 e. The number of nitrogens with two attached hydrogens (primary N) is 2. The van der Waals surface area contributed by atoms with Crippen LogP contribution >= 0.6 is 0 Å². The van der Waals surface area contributed by atoms with E-state index in [-0.39, 0.29) is 25.8 Å². The van der Waals surface area contributed by atoms with Gasteiger partial charge in [-0.3, -0.25) is 9.79 Å². The third-order valence-electron chi connectivity index (χ3n) is 2.46. The van der Waals surface area contributed by atoms with Crippen molar-refractivity contribution in [3.8, 4) is 0 Å². The second kappa shape index (κ2) is 7.01. The van der Waals surface area contributed by atoms with E-state index in [0.29, 0.717) is 5.84 Å². The molecule has 17 heavy (non-hydrogen) atoms. The van der Waals surface area contributed by atoms with E-state index < -0.39 is 17.3 Å². The summed E-state index contributed by atoms with van der Waals surface area (Å²) in [5.74, 6) is -1.15. The van der Waals surface area contributed by atoms with E-state index in [1.54, 1.807) is 13.8 Å². The third kappa shape index (κ3) is 6.01. The fourth-order valence-corrected chi connectivity index (χ4v) is 1.12. The molecule has 0 heterocycles. The van der Waals surface area contributed by atoms with Gasteiger partial charge in [0.1, 0.15) is 5.54 Å². The quantitative estimate of drug-likeness (QED) is 0.463. The predicted molar refractivity (Wildman–Crippen MR) is 65.4 cm³/mol. The fourth-order valence-electron chi connectivity index (χ4n) is 1.12. The predicted octanol–water partition coefficient (Wildman–Crippen LogP) is 1.19. The van der Waals surface area contributed by atoms with E-state index in [0.717, 1.165) is 0 Å². The zero-order chi connectivity index (χ0) is 13.5. The van der Waals surface area contributed by atoms with Gasteiger partial charge in [0.15, 0.2) is 0 Å². The van der Waals surface area contributed by atoms with Crippen LogP contribution in [0.3, 0.4) is 0 Å². The highest BCUT2D eigenvalue weighted by molar-refractivity contribution is 5.78. The maximum atomic E-state index is 13.3. The molecule has 0 fully saturated rings. The highest BCUT2D eigenvalue weighted by Crippen LogP contribution is 2.16. The van der Waals surface area contributed by atoms with Crippen LogP contribution in [-0.2, 0) is 4.79 Å². The van der Waals surface area contributed by atoms with Crippen molar-refractivity contribution in [1.29, 1.82) is 0 Å². The van der Waals surface area contributed by atoms with E-state index in [2.05, 4.69) is 4.99 Å². The smallest absolute Gasteiger partial charge is 0.323 e. The second-order valence-electron chi connectivity index (χ2n) is 3.94. The Hall–Kier alpha value is -1.43. The Morgan fingerprint density at radius 2 is 2.18 bits per heavy atom. The third-order valence-corrected chi connectivity index (χ3v) is 2.46. The topological polar surface area (TPSA) is 102 Å². The van der Waals surface area contributed by atoms with Crippen LogP contribution in [0.25, 0.3) is 0 Å². The first-order chi connectivity index (χ1) is 7.81. The molecular formula is C11H20FN3O2. The number of hydrogen-bond donors (Lipinski definition) is 3. The number of halogens is 1. The maximum absolute atomic E-state index is 13.3. The molecular weight excluding hydrogens is 225 g/mol. The first-order valence-corrected chi connectivity index (χ1v) is 5.45. The summed E-state index contributed by atoms with van der Waals surface area (Å²) >= 11 is 0. The van der Waals surface area contributed by atoms with Gasteiger partial charge >= 0.3 is 5.97 Å². The Balaban J connectivity index is 4.31. The molecule has 0 rings (SSSR count). The molecule has 6 heteroatoms. The summed E-state index contributed by atoms with van der Waals surface area (Å²) in [6.07, 6.45) is 1.52. The monoisotopic (exact) mass is 245 g/mol. The van der Waals surface area contributed by atoms with Gasteiger partial charge in [-0.05, 0) is 19.8 Å². The first-order valence-electron chi connectivity index (χ1n) is 5.45. The molecule has 0 spiro atoms. The molecule has 0 bridgehead atoms. The average Bonchev–Trinajstić information content (AvgIpc) is 2.25. The number of amidine groups is 1. The minimum Gasteiger partial charge on any atom is -0.480 e. The van der Waals surface area contributed by atoms with Gasteiger partial charge < -0.3 is 16.6 Å². The molecule has 98 valence electrons. The Morgan fingerprint density at radius 1 is 1.59 bits per heavy atom. The number of carboxylic acids is 1. The van der Waals surface area contributed by atoms with E-state index in [9.17, 15) is 9.18 Å². The molecule has 1 atom stereocenters. The van der Waals surface area contributed by atoms with Crippen LogP contribution in [0.5, 0.6) is 0 Å². The van der Waals surface area contributed by atoms with Gasteiger partial charge in [-0.2, -0.15) is 0 Å². The van der Waals surface area contributed by atoms with Gasteiger partial charge in [0.25, 0.3) is 0 Å². The molecule has 0 aliphatic carbocycles. The number of aliphatic carboxylic acids is 1. The summed E-state index contributed by atoms with van der Waals surface area (Å²) in [6.45, 7) is 3.53. The van der Waals surface area contributed by atoms with E-state index >= 15 is 0 Å². The van der Waals surface area contributed by atoms with Gasteiger partial charge in [0.05, 0.1) is 11.7 Å². The Morgan fingerprint density at radius 3 is 2.59 bits per heavy atom. The molecule has 0 aromatic heterocycles. The first kappa shape index (κ1) is 15.6. The van der Waals surface area contributed by atoms with Crippen LogP contribution in [0.1, 0.15) is 33.1 Å². The van der Waals surface area contributed by atoms with Crippen LogP contribution in [0.4, 0.5) is 4.39 Å². The number of carbonyl (C=O) groups is 1. The molecule has 5 N–H and O–H groups in total. The summed E-state index contributed by atoms with van der Waals surface area (Å²) in [5.41, 5.74) is 9.50. The lowest BCUT2D eigenvalue weighted by Crippen LogP contribution is -2.46. The summed E-state index contributed by atoms with van der Waals surface area (Å²) in [4.78, 5) is 14.7. The van der Waals surface area contributed by atoms with Gasteiger partial charge in [-0.25, -0.2) is 4.39 Å². The molecule has 0 amide bonds. The summed E-state index contributed by atoms with van der Waals surface area (Å²) < 4.78 is 13.3. The van der Waals surface area contributed by atoms with Gasteiger partial charge in [-0.15, -0.1) is 0 Å². The van der Waals surface area contributed by atoms with Crippen molar-refractivity contribution < 1.29 is 14.3 Å². The van der Waals surface area contributed by atoms with Crippen molar-refractivity contribution in [2.24, 2.45) is 16.5 Å².